The van der Waals surface area contributed by atoms with Crippen LogP contribution in [0.5, 0.6) is 0 Å². The molecule has 1 fully saturated rings. The molecule has 10 heavy (non-hydrogen) atoms. The Labute approximate surface area is 64.2 Å². The first-order valence-electron chi connectivity index (χ1n) is 4.42. The van der Waals surface area contributed by atoms with Crippen molar-refractivity contribution in [2.45, 2.75) is 46.1 Å². The van der Waals surface area contributed by atoms with E-state index in [1.807, 2.05) is 0 Å². The van der Waals surface area contributed by atoms with E-state index in [0.717, 1.165) is 6.04 Å². The van der Waals surface area contributed by atoms with Crippen LogP contribution in [-0.4, -0.2) is 12.6 Å². The van der Waals surface area contributed by atoms with Gasteiger partial charge in [-0.2, -0.15) is 0 Å². The molecule has 2 atom stereocenters. The minimum atomic E-state index is 0.621. The molecule has 1 N–H and O–H groups in total. The van der Waals surface area contributed by atoms with E-state index in [9.17, 15) is 0 Å². The van der Waals surface area contributed by atoms with Crippen molar-refractivity contribution in [3.8, 4) is 0 Å². The molecule has 0 aromatic carbocycles. The minimum absolute atomic E-state index is 0.621. The summed E-state index contributed by atoms with van der Waals surface area (Å²) in [6.45, 7) is 8.18. The summed E-state index contributed by atoms with van der Waals surface area (Å²) in [6, 6.07) is 0.749. The molecule has 1 heteroatoms. The predicted molar refractivity (Wildman–Crippen MR) is 45.1 cm³/mol. The molecule has 0 aromatic rings. The molecule has 1 aliphatic heterocycles. The normalized spacial score (nSPS) is 39.3. The van der Waals surface area contributed by atoms with Gasteiger partial charge in [-0.3, -0.25) is 0 Å². The van der Waals surface area contributed by atoms with Crippen molar-refractivity contribution in [2.24, 2.45) is 5.41 Å². The maximum Gasteiger partial charge on any atom is 0.0105 e. The van der Waals surface area contributed by atoms with Crippen molar-refractivity contribution in [1.29, 1.82) is 0 Å². The maximum absolute atomic E-state index is 3.41. The molecule has 0 aliphatic carbocycles. The van der Waals surface area contributed by atoms with Crippen LogP contribution in [0.15, 0.2) is 0 Å². The van der Waals surface area contributed by atoms with Crippen LogP contribution < -0.4 is 5.32 Å². The zero-order valence-corrected chi connectivity index (χ0v) is 7.41. The van der Waals surface area contributed by atoms with Crippen molar-refractivity contribution in [1.82, 2.24) is 5.32 Å². The second kappa shape index (κ2) is 2.91. The summed E-state index contributed by atoms with van der Waals surface area (Å²) < 4.78 is 0. The van der Waals surface area contributed by atoms with Gasteiger partial charge in [0, 0.05) is 12.6 Å². The van der Waals surface area contributed by atoms with Gasteiger partial charge in [0.05, 0.1) is 0 Å². The van der Waals surface area contributed by atoms with Crippen LogP contribution in [0.1, 0.15) is 40.0 Å². The number of nitrogens with one attached hydrogen (secondary N) is 1. The first-order chi connectivity index (χ1) is 4.69. The van der Waals surface area contributed by atoms with E-state index < -0.39 is 0 Å². The van der Waals surface area contributed by atoms with E-state index in [-0.39, 0.29) is 0 Å². The molecule has 1 nitrogen and oxygen atoms in total. The van der Waals surface area contributed by atoms with E-state index in [4.69, 9.17) is 0 Å². The summed E-state index contributed by atoms with van der Waals surface area (Å²) in [5.74, 6) is 0. The summed E-state index contributed by atoms with van der Waals surface area (Å²) in [5, 5.41) is 3.41. The van der Waals surface area contributed by atoms with E-state index in [0.29, 0.717) is 5.41 Å². The summed E-state index contributed by atoms with van der Waals surface area (Å²) in [7, 11) is 0. The van der Waals surface area contributed by atoms with Crippen LogP contribution >= 0.6 is 0 Å². The SMILES string of the molecule is CCCCC1(C)CNC1C. The zero-order valence-electron chi connectivity index (χ0n) is 7.41. The Morgan fingerprint density at radius 2 is 2.30 bits per heavy atom. The molecule has 1 aliphatic rings. The predicted octanol–water partition coefficient (Wildman–Crippen LogP) is 2.17. The highest BCUT2D eigenvalue weighted by Crippen LogP contribution is 2.33. The molecule has 2 unspecified atom stereocenters. The molecule has 0 saturated carbocycles. The van der Waals surface area contributed by atoms with Crippen molar-refractivity contribution in [3.05, 3.63) is 0 Å². The Hall–Kier alpha value is -0.0400. The topological polar surface area (TPSA) is 12.0 Å². The number of rotatable bonds is 3. The lowest BCUT2D eigenvalue weighted by Gasteiger charge is -2.46. The van der Waals surface area contributed by atoms with Crippen molar-refractivity contribution in [3.63, 3.8) is 0 Å². The summed E-state index contributed by atoms with van der Waals surface area (Å²) in [5.41, 5.74) is 0.621. The van der Waals surface area contributed by atoms with Crippen LogP contribution in [-0.2, 0) is 0 Å². The Morgan fingerprint density at radius 3 is 2.60 bits per heavy atom. The first-order valence-corrected chi connectivity index (χ1v) is 4.42. The van der Waals surface area contributed by atoms with Gasteiger partial charge in [0.1, 0.15) is 0 Å². The van der Waals surface area contributed by atoms with Crippen LogP contribution in [0.2, 0.25) is 0 Å². The van der Waals surface area contributed by atoms with Crippen molar-refractivity contribution in [2.75, 3.05) is 6.54 Å². The molecular weight excluding hydrogens is 122 g/mol. The van der Waals surface area contributed by atoms with Crippen LogP contribution in [0, 0.1) is 5.41 Å². The fourth-order valence-corrected chi connectivity index (χ4v) is 1.54. The molecule has 0 spiro atoms. The lowest BCUT2D eigenvalue weighted by atomic mass is 9.73. The van der Waals surface area contributed by atoms with Gasteiger partial charge in [-0.05, 0) is 18.8 Å². The summed E-state index contributed by atoms with van der Waals surface area (Å²) in [6.07, 6.45) is 4.13. The summed E-state index contributed by atoms with van der Waals surface area (Å²) >= 11 is 0. The molecule has 1 rings (SSSR count). The van der Waals surface area contributed by atoms with Crippen LogP contribution in [0.4, 0.5) is 0 Å². The average molecular weight is 141 g/mol. The first kappa shape index (κ1) is 8.06. The molecule has 1 saturated heterocycles. The fraction of sp³-hybridized carbons (Fsp3) is 1.00. The Morgan fingerprint density at radius 1 is 1.60 bits per heavy atom. The Kier molecular flexibility index (Phi) is 2.35. The van der Waals surface area contributed by atoms with Gasteiger partial charge in [0.2, 0.25) is 0 Å². The van der Waals surface area contributed by atoms with Gasteiger partial charge in [-0.25, -0.2) is 0 Å². The quantitative estimate of drug-likeness (QED) is 0.635. The average Bonchev–Trinajstić information content (AvgIpc) is 1.97. The highest BCUT2D eigenvalue weighted by Gasteiger charge is 2.37. The molecule has 0 radical (unpaired) electrons. The van der Waals surface area contributed by atoms with Crippen LogP contribution in [0.25, 0.3) is 0 Å². The highest BCUT2D eigenvalue weighted by atomic mass is 15.0. The number of hydrogen-bond donors (Lipinski definition) is 1. The maximum atomic E-state index is 3.41. The Balaban J connectivity index is 2.24. The van der Waals surface area contributed by atoms with E-state index >= 15 is 0 Å². The van der Waals surface area contributed by atoms with Crippen LogP contribution in [0.3, 0.4) is 0 Å². The number of unbranched alkanes of at least 4 members (excludes halogenated alkanes) is 1. The van der Waals surface area contributed by atoms with Crippen molar-refractivity contribution >= 4 is 0 Å². The second-order valence-corrected chi connectivity index (χ2v) is 3.86. The van der Waals surface area contributed by atoms with E-state index in [1.165, 1.54) is 25.8 Å². The fourth-order valence-electron chi connectivity index (χ4n) is 1.54. The second-order valence-electron chi connectivity index (χ2n) is 3.86. The standard InChI is InChI=1S/C9H19N/c1-4-5-6-9(3)7-10-8(9)2/h8,10H,4-7H2,1-3H3. The molecule has 0 aromatic heterocycles. The minimum Gasteiger partial charge on any atom is -0.313 e. The Bertz CT molecular complexity index is 111. The molecule has 0 bridgehead atoms. The largest absolute Gasteiger partial charge is 0.313 e. The van der Waals surface area contributed by atoms with E-state index in [2.05, 4.69) is 26.1 Å². The molecule has 1 heterocycles. The molecule has 60 valence electrons. The highest BCUT2D eigenvalue weighted by molar-refractivity contribution is 4.95. The van der Waals surface area contributed by atoms with Gasteiger partial charge in [-0.1, -0.05) is 26.7 Å². The van der Waals surface area contributed by atoms with Gasteiger partial charge >= 0.3 is 0 Å². The molecule has 0 amide bonds. The van der Waals surface area contributed by atoms with Gasteiger partial charge in [-0.15, -0.1) is 0 Å². The third-order valence-electron chi connectivity index (χ3n) is 2.96. The third kappa shape index (κ3) is 1.34. The zero-order chi connectivity index (χ0) is 7.61. The number of hydrogen-bond acceptors (Lipinski definition) is 1. The molecular formula is C9H19N. The lowest BCUT2D eigenvalue weighted by molar-refractivity contribution is 0.103. The summed E-state index contributed by atoms with van der Waals surface area (Å²) in [4.78, 5) is 0. The smallest absolute Gasteiger partial charge is 0.0105 e. The third-order valence-corrected chi connectivity index (χ3v) is 2.96. The monoisotopic (exact) mass is 141 g/mol. The lowest BCUT2D eigenvalue weighted by Crippen LogP contribution is -2.59. The van der Waals surface area contributed by atoms with Gasteiger partial charge in [0.25, 0.3) is 0 Å². The van der Waals surface area contributed by atoms with Gasteiger partial charge < -0.3 is 5.32 Å². The van der Waals surface area contributed by atoms with E-state index in [1.54, 1.807) is 0 Å². The van der Waals surface area contributed by atoms with Crippen molar-refractivity contribution < 1.29 is 0 Å². The van der Waals surface area contributed by atoms with Gasteiger partial charge in [0.15, 0.2) is 0 Å².